The van der Waals surface area contributed by atoms with Crippen molar-refractivity contribution in [2.45, 2.75) is 89.4 Å². The van der Waals surface area contributed by atoms with Gasteiger partial charge in [0, 0.05) is 13.0 Å². The quantitative estimate of drug-likeness (QED) is 0.163. The highest BCUT2D eigenvalue weighted by Crippen LogP contribution is 2.20. The van der Waals surface area contributed by atoms with Crippen LogP contribution in [0.2, 0.25) is 0 Å². The van der Waals surface area contributed by atoms with E-state index >= 15 is 0 Å². The summed E-state index contributed by atoms with van der Waals surface area (Å²) in [6, 6.07) is -3.96. The van der Waals surface area contributed by atoms with Gasteiger partial charge in [0.05, 0.1) is 6.04 Å². The third kappa shape index (κ3) is 9.64. The van der Waals surface area contributed by atoms with Gasteiger partial charge in [0.15, 0.2) is 0 Å². The average Bonchev–Trinajstić information content (AvgIpc) is 3.25. The Kier molecular flexibility index (Phi) is 12.5. The first-order chi connectivity index (χ1) is 16.0. The normalized spacial score (nSPS) is 18.3. The van der Waals surface area contributed by atoms with Crippen molar-refractivity contribution in [2.75, 3.05) is 13.1 Å². The summed E-state index contributed by atoms with van der Waals surface area (Å²) in [6.45, 7) is 4.47. The molecule has 8 N–H and O–H groups in total. The van der Waals surface area contributed by atoms with Crippen molar-refractivity contribution >= 4 is 29.7 Å². The second-order valence-corrected chi connectivity index (χ2v) is 9.10. The number of hydrogen-bond donors (Lipinski definition) is 6. The molecule has 0 spiro atoms. The maximum atomic E-state index is 13.2. The first-order valence-electron chi connectivity index (χ1n) is 11.8. The Morgan fingerprint density at radius 3 is 2.21 bits per heavy atom. The van der Waals surface area contributed by atoms with Crippen LogP contribution in [0.4, 0.5) is 0 Å². The maximum Gasteiger partial charge on any atom is 0.326 e. The molecule has 1 saturated heterocycles. The Morgan fingerprint density at radius 2 is 1.65 bits per heavy atom. The molecular formula is C22H39N5O7. The standard InChI is InChI=1S/C22H39N5O7/c1-13(2)12-16(21(32)27-11-5-7-17(27)22(33)34)26-20(31)15(6-3-4-10-23)25-19(30)14(24)8-9-18(28)29/h13-17H,3-12,23-24H2,1-2H3,(H,25,30)(H,26,31)(H,28,29)(H,33,34). The average molecular weight is 486 g/mol. The van der Waals surface area contributed by atoms with E-state index in [1.807, 2.05) is 13.8 Å². The number of nitrogens with zero attached hydrogens (tertiary/aromatic N) is 1. The van der Waals surface area contributed by atoms with Crippen molar-refractivity contribution in [3.63, 3.8) is 0 Å². The number of unbranched alkanes of at least 4 members (excludes halogenated alkanes) is 1. The van der Waals surface area contributed by atoms with Crippen LogP contribution >= 0.6 is 0 Å². The highest BCUT2D eigenvalue weighted by molar-refractivity contribution is 5.94. The molecule has 1 aliphatic rings. The number of hydrogen-bond acceptors (Lipinski definition) is 7. The first kappa shape index (κ1) is 29.3. The van der Waals surface area contributed by atoms with Crippen molar-refractivity contribution in [3.05, 3.63) is 0 Å². The highest BCUT2D eigenvalue weighted by atomic mass is 16.4. The van der Waals surface area contributed by atoms with Crippen LogP contribution in [0.1, 0.15) is 65.2 Å². The van der Waals surface area contributed by atoms with Crippen molar-refractivity contribution < 1.29 is 34.2 Å². The SMILES string of the molecule is CC(C)CC(NC(=O)C(CCCCN)NC(=O)C(N)CCC(=O)O)C(=O)N1CCCC1C(=O)O. The Bertz CT molecular complexity index is 730. The summed E-state index contributed by atoms with van der Waals surface area (Å²) in [6.07, 6.45) is 2.26. The van der Waals surface area contributed by atoms with Crippen LogP contribution in [0.15, 0.2) is 0 Å². The third-order valence-corrected chi connectivity index (χ3v) is 5.73. The molecule has 4 unspecified atom stereocenters. The van der Waals surface area contributed by atoms with Crippen molar-refractivity contribution in [1.82, 2.24) is 15.5 Å². The van der Waals surface area contributed by atoms with Gasteiger partial charge in [-0.15, -0.1) is 0 Å². The van der Waals surface area contributed by atoms with Gasteiger partial charge in [-0.2, -0.15) is 0 Å². The summed E-state index contributed by atoms with van der Waals surface area (Å²) in [5.41, 5.74) is 11.3. The Balaban J connectivity index is 2.96. The van der Waals surface area contributed by atoms with E-state index < -0.39 is 53.8 Å². The minimum Gasteiger partial charge on any atom is -0.481 e. The van der Waals surface area contributed by atoms with Crippen molar-refractivity contribution in [2.24, 2.45) is 17.4 Å². The first-order valence-corrected chi connectivity index (χ1v) is 11.8. The predicted molar refractivity (Wildman–Crippen MR) is 123 cm³/mol. The third-order valence-electron chi connectivity index (χ3n) is 5.73. The number of amides is 3. The number of aliphatic carboxylic acids is 2. The molecule has 4 atom stereocenters. The number of likely N-dealkylation sites (tertiary alicyclic amines) is 1. The molecule has 0 radical (unpaired) electrons. The van der Waals surface area contributed by atoms with E-state index in [1.165, 1.54) is 4.90 Å². The second-order valence-electron chi connectivity index (χ2n) is 9.10. The lowest BCUT2D eigenvalue weighted by Gasteiger charge is -2.29. The molecule has 34 heavy (non-hydrogen) atoms. The summed E-state index contributed by atoms with van der Waals surface area (Å²) in [5.74, 6) is -3.83. The number of carboxylic acids is 2. The van der Waals surface area contributed by atoms with Crippen LogP contribution < -0.4 is 22.1 Å². The van der Waals surface area contributed by atoms with Gasteiger partial charge in [0.1, 0.15) is 18.1 Å². The topological polar surface area (TPSA) is 205 Å². The van der Waals surface area contributed by atoms with E-state index in [1.54, 1.807) is 0 Å². The molecule has 1 fully saturated rings. The van der Waals surface area contributed by atoms with Gasteiger partial charge in [-0.05, 0) is 57.4 Å². The highest BCUT2D eigenvalue weighted by Gasteiger charge is 2.38. The van der Waals surface area contributed by atoms with Gasteiger partial charge < -0.3 is 37.2 Å². The van der Waals surface area contributed by atoms with E-state index in [9.17, 15) is 29.1 Å². The van der Waals surface area contributed by atoms with E-state index in [2.05, 4.69) is 10.6 Å². The second kappa shape index (κ2) is 14.5. The van der Waals surface area contributed by atoms with Crippen LogP contribution in [-0.2, 0) is 24.0 Å². The maximum absolute atomic E-state index is 13.2. The Hall–Kier alpha value is -2.73. The minimum atomic E-state index is -1.10. The number of rotatable bonds is 15. The van der Waals surface area contributed by atoms with Gasteiger partial charge in [0.25, 0.3) is 0 Å². The van der Waals surface area contributed by atoms with E-state index in [0.29, 0.717) is 45.2 Å². The van der Waals surface area contributed by atoms with Gasteiger partial charge in [-0.3, -0.25) is 19.2 Å². The lowest BCUT2D eigenvalue weighted by molar-refractivity contribution is -0.149. The van der Waals surface area contributed by atoms with Gasteiger partial charge in [0.2, 0.25) is 17.7 Å². The summed E-state index contributed by atoms with van der Waals surface area (Å²) < 4.78 is 0. The smallest absolute Gasteiger partial charge is 0.326 e. The van der Waals surface area contributed by atoms with Crippen molar-refractivity contribution in [3.8, 4) is 0 Å². The minimum absolute atomic E-state index is 0.0369. The summed E-state index contributed by atoms with van der Waals surface area (Å²) >= 11 is 0. The number of nitrogens with one attached hydrogen (secondary N) is 2. The molecule has 1 heterocycles. The Morgan fingerprint density at radius 1 is 1.00 bits per heavy atom. The zero-order chi connectivity index (χ0) is 25.8. The number of carboxylic acid groups (broad SMARTS) is 2. The summed E-state index contributed by atoms with van der Waals surface area (Å²) in [4.78, 5) is 62.3. The number of carbonyl (C=O) groups is 5. The fourth-order valence-corrected chi connectivity index (χ4v) is 3.90. The molecule has 0 aromatic rings. The molecule has 194 valence electrons. The predicted octanol–water partition coefficient (Wildman–Crippen LogP) is -0.601. The van der Waals surface area contributed by atoms with E-state index in [4.69, 9.17) is 16.6 Å². The van der Waals surface area contributed by atoms with Gasteiger partial charge >= 0.3 is 11.9 Å². The molecule has 1 rings (SSSR count). The molecular weight excluding hydrogens is 446 g/mol. The lowest BCUT2D eigenvalue weighted by atomic mass is 10.0. The molecule has 0 aromatic carbocycles. The van der Waals surface area contributed by atoms with E-state index in [0.717, 1.165) is 0 Å². The Labute approximate surface area is 199 Å². The molecule has 0 aromatic heterocycles. The lowest BCUT2D eigenvalue weighted by Crippen LogP contribution is -2.57. The fraction of sp³-hybridized carbons (Fsp3) is 0.773. The van der Waals surface area contributed by atoms with Crippen LogP contribution in [0.5, 0.6) is 0 Å². The van der Waals surface area contributed by atoms with Crippen LogP contribution in [0, 0.1) is 5.92 Å². The van der Waals surface area contributed by atoms with E-state index in [-0.39, 0.29) is 25.2 Å². The molecule has 3 amide bonds. The zero-order valence-electron chi connectivity index (χ0n) is 20.0. The van der Waals surface area contributed by atoms with Gasteiger partial charge in [-0.1, -0.05) is 13.8 Å². The number of nitrogens with two attached hydrogens (primary N) is 2. The molecule has 0 aliphatic carbocycles. The zero-order valence-corrected chi connectivity index (χ0v) is 20.0. The van der Waals surface area contributed by atoms with Crippen molar-refractivity contribution in [1.29, 1.82) is 0 Å². The molecule has 1 aliphatic heterocycles. The largest absolute Gasteiger partial charge is 0.481 e. The van der Waals surface area contributed by atoms with Crippen LogP contribution in [0.25, 0.3) is 0 Å². The van der Waals surface area contributed by atoms with Crippen LogP contribution in [0.3, 0.4) is 0 Å². The molecule has 12 nitrogen and oxygen atoms in total. The monoisotopic (exact) mass is 485 g/mol. The van der Waals surface area contributed by atoms with Gasteiger partial charge in [-0.25, -0.2) is 4.79 Å². The molecule has 0 saturated carbocycles. The summed E-state index contributed by atoms with van der Waals surface area (Å²) in [7, 11) is 0. The number of carbonyl (C=O) groups excluding carboxylic acids is 3. The summed E-state index contributed by atoms with van der Waals surface area (Å²) in [5, 5.41) is 23.5. The fourth-order valence-electron chi connectivity index (χ4n) is 3.90. The molecule has 12 heteroatoms. The van der Waals surface area contributed by atoms with Crippen LogP contribution in [-0.4, -0.2) is 82.0 Å². The molecule has 0 bridgehead atoms.